The average molecular weight is 264 g/mol. The molecule has 19 heavy (non-hydrogen) atoms. The molecular weight excluding hydrogens is 248 g/mol. The minimum absolute atomic E-state index is 0.00526. The number of carboxylic acid groups (broad SMARTS) is 1. The molecule has 0 spiro atoms. The Labute approximate surface area is 111 Å². The minimum atomic E-state index is -0.958. The third-order valence-corrected chi connectivity index (χ3v) is 3.47. The molecule has 0 bridgehead atoms. The van der Waals surface area contributed by atoms with Crippen LogP contribution in [-0.2, 0) is 11.2 Å². The van der Waals surface area contributed by atoms with Crippen LogP contribution in [0.4, 0.5) is 0 Å². The highest BCUT2D eigenvalue weighted by molar-refractivity contribution is 6.04. The number of benzene rings is 1. The number of carboxylic acids is 1. The van der Waals surface area contributed by atoms with Crippen molar-refractivity contribution in [3.05, 3.63) is 22.8 Å². The predicted octanol–water partition coefficient (Wildman–Crippen LogP) is 1.84. The number of rotatable bonds is 3. The SMILES string of the molecule is COc1cc(C)c(OC)c2c1C[C@@H](C(=O)O)CC2=O. The van der Waals surface area contributed by atoms with Gasteiger partial charge in [0.05, 0.1) is 25.7 Å². The summed E-state index contributed by atoms with van der Waals surface area (Å²) in [5, 5.41) is 9.10. The number of aryl methyl sites for hydroxylation is 1. The van der Waals surface area contributed by atoms with Gasteiger partial charge in [-0.25, -0.2) is 0 Å². The van der Waals surface area contributed by atoms with E-state index < -0.39 is 11.9 Å². The number of hydrogen-bond donors (Lipinski definition) is 1. The van der Waals surface area contributed by atoms with Gasteiger partial charge < -0.3 is 14.6 Å². The molecule has 1 atom stereocenters. The summed E-state index contributed by atoms with van der Waals surface area (Å²) in [5.74, 6) is -0.786. The average Bonchev–Trinajstić information content (AvgIpc) is 2.38. The summed E-state index contributed by atoms with van der Waals surface area (Å²) in [6.07, 6.45) is 0.293. The van der Waals surface area contributed by atoms with Crippen LogP contribution >= 0.6 is 0 Å². The number of ketones is 1. The highest BCUT2D eigenvalue weighted by Gasteiger charge is 2.34. The Morgan fingerprint density at radius 3 is 2.53 bits per heavy atom. The molecule has 0 radical (unpaired) electrons. The van der Waals surface area contributed by atoms with Gasteiger partial charge in [-0.1, -0.05) is 0 Å². The number of Topliss-reactive ketones (excluding diaryl/α,β-unsaturated/α-hetero) is 1. The Morgan fingerprint density at radius 2 is 2.00 bits per heavy atom. The van der Waals surface area contributed by atoms with Crippen LogP contribution in [0, 0.1) is 12.8 Å². The maximum Gasteiger partial charge on any atom is 0.307 e. The summed E-state index contributed by atoms with van der Waals surface area (Å²) in [7, 11) is 3.02. The number of carbonyl (C=O) groups excluding carboxylic acids is 1. The first-order chi connectivity index (χ1) is 8.99. The van der Waals surface area contributed by atoms with Gasteiger partial charge in [0, 0.05) is 12.0 Å². The van der Waals surface area contributed by atoms with E-state index in [1.165, 1.54) is 14.2 Å². The van der Waals surface area contributed by atoms with Gasteiger partial charge in [-0.3, -0.25) is 9.59 Å². The summed E-state index contributed by atoms with van der Waals surface area (Å²) in [5.41, 5.74) is 1.91. The molecule has 0 saturated heterocycles. The molecule has 5 heteroatoms. The van der Waals surface area contributed by atoms with Crippen molar-refractivity contribution in [3.8, 4) is 11.5 Å². The zero-order valence-corrected chi connectivity index (χ0v) is 11.1. The molecule has 1 aromatic carbocycles. The van der Waals surface area contributed by atoms with E-state index in [0.29, 0.717) is 22.6 Å². The number of methoxy groups -OCH3 is 2. The van der Waals surface area contributed by atoms with Gasteiger partial charge in [-0.2, -0.15) is 0 Å². The Kier molecular flexibility index (Phi) is 3.46. The van der Waals surface area contributed by atoms with Crippen molar-refractivity contribution in [1.29, 1.82) is 0 Å². The number of aliphatic carboxylic acids is 1. The van der Waals surface area contributed by atoms with Gasteiger partial charge in [-0.05, 0) is 25.0 Å². The minimum Gasteiger partial charge on any atom is -0.496 e. The fourth-order valence-electron chi connectivity index (χ4n) is 2.57. The molecule has 0 heterocycles. The fraction of sp³-hybridized carbons (Fsp3) is 0.429. The zero-order valence-electron chi connectivity index (χ0n) is 11.1. The fourth-order valence-corrected chi connectivity index (χ4v) is 2.57. The second kappa shape index (κ2) is 4.91. The van der Waals surface area contributed by atoms with Crippen LogP contribution in [0.15, 0.2) is 6.07 Å². The Balaban J connectivity index is 2.64. The second-order valence-electron chi connectivity index (χ2n) is 4.65. The molecule has 102 valence electrons. The molecule has 0 amide bonds. The lowest BCUT2D eigenvalue weighted by atomic mass is 9.81. The van der Waals surface area contributed by atoms with E-state index in [4.69, 9.17) is 14.6 Å². The van der Waals surface area contributed by atoms with Crippen molar-refractivity contribution in [2.24, 2.45) is 5.92 Å². The molecule has 5 nitrogen and oxygen atoms in total. The third kappa shape index (κ3) is 2.16. The quantitative estimate of drug-likeness (QED) is 0.901. The molecule has 0 unspecified atom stereocenters. The normalized spacial score (nSPS) is 17.8. The standard InChI is InChI=1S/C14H16O5/c1-7-4-11(18-2)9-5-8(14(16)17)6-10(15)12(9)13(7)19-3/h4,8H,5-6H2,1-3H3,(H,16,17)/t8-/m1/s1. The molecule has 0 aliphatic heterocycles. The van der Waals surface area contributed by atoms with Crippen molar-refractivity contribution in [2.75, 3.05) is 14.2 Å². The first-order valence-electron chi connectivity index (χ1n) is 6.00. The van der Waals surface area contributed by atoms with E-state index >= 15 is 0 Å². The van der Waals surface area contributed by atoms with E-state index in [9.17, 15) is 9.59 Å². The van der Waals surface area contributed by atoms with Crippen molar-refractivity contribution in [1.82, 2.24) is 0 Å². The molecule has 2 rings (SSSR count). The second-order valence-corrected chi connectivity index (χ2v) is 4.65. The van der Waals surface area contributed by atoms with Gasteiger partial charge in [0.25, 0.3) is 0 Å². The smallest absolute Gasteiger partial charge is 0.307 e. The topological polar surface area (TPSA) is 72.8 Å². The molecule has 0 saturated carbocycles. The third-order valence-electron chi connectivity index (χ3n) is 3.47. The van der Waals surface area contributed by atoms with E-state index in [1.807, 2.05) is 6.92 Å². The lowest BCUT2D eigenvalue weighted by Crippen LogP contribution is -2.27. The summed E-state index contributed by atoms with van der Waals surface area (Å²) < 4.78 is 10.6. The molecule has 0 aromatic heterocycles. The van der Waals surface area contributed by atoms with Crippen molar-refractivity contribution >= 4 is 11.8 Å². The van der Waals surface area contributed by atoms with Gasteiger partial charge in [0.2, 0.25) is 0 Å². The Bertz CT molecular complexity index is 547. The van der Waals surface area contributed by atoms with Crippen molar-refractivity contribution < 1.29 is 24.2 Å². The van der Waals surface area contributed by atoms with Crippen LogP contribution in [0.2, 0.25) is 0 Å². The van der Waals surface area contributed by atoms with Crippen LogP contribution in [0.5, 0.6) is 11.5 Å². The zero-order chi connectivity index (χ0) is 14.2. The highest BCUT2D eigenvalue weighted by atomic mass is 16.5. The summed E-state index contributed by atoms with van der Waals surface area (Å²) in [4.78, 5) is 23.3. The van der Waals surface area contributed by atoms with Crippen LogP contribution in [0.25, 0.3) is 0 Å². The number of fused-ring (bicyclic) bond motifs is 1. The molecule has 1 aliphatic carbocycles. The Hall–Kier alpha value is -2.04. The van der Waals surface area contributed by atoms with Gasteiger partial charge >= 0.3 is 5.97 Å². The highest BCUT2D eigenvalue weighted by Crippen LogP contribution is 2.40. The largest absolute Gasteiger partial charge is 0.496 e. The maximum absolute atomic E-state index is 12.2. The van der Waals surface area contributed by atoms with Crippen LogP contribution in [0.3, 0.4) is 0 Å². The molecular formula is C14H16O5. The van der Waals surface area contributed by atoms with Gasteiger partial charge in [0.15, 0.2) is 5.78 Å². The van der Waals surface area contributed by atoms with Crippen LogP contribution in [-0.4, -0.2) is 31.1 Å². The van der Waals surface area contributed by atoms with E-state index in [0.717, 1.165) is 5.56 Å². The van der Waals surface area contributed by atoms with Crippen molar-refractivity contribution in [3.63, 3.8) is 0 Å². The Morgan fingerprint density at radius 1 is 1.32 bits per heavy atom. The first kappa shape index (κ1) is 13.4. The van der Waals surface area contributed by atoms with E-state index in [1.54, 1.807) is 6.07 Å². The lowest BCUT2D eigenvalue weighted by Gasteiger charge is -2.25. The molecule has 1 N–H and O–H groups in total. The monoisotopic (exact) mass is 264 g/mol. The molecule has 1 aromatic rings. The molecule has 0 fully saturated rings. The van der Waals surface area contributed by atoms with Crippen LogP contribution in [0.1, 0.15) is 27.9 Å². The predicted molar refractivity (Wildman–Crippen MR) is 68.1 cm³/mol. The lowest BCUT2D eigenvalue weighted by molar-refractivity contribution is -0.141. The number of hydrogen-bond acceptors (Lipinski definition) is 4. The first-order valence-corrected chi connectivity index (χ1v) is 6.00. The summed E-state index contributed by atoms with van der Waals surface area (Å²) in [6, 6.07) is 1.77. The van der Waals surface area contributed by atoms with E-state index in [2.05, 4.69) is 0 Å². The van der Waals surface area contributed by atoms with Gasteiger partial charge in [0.1, 0.15) is 11.5 Å². The van der Waals surface area contributed by atoms with Crippen LogP contribution < -0.4 is 9.47 Å². The maximum atomic E-state index is 12.2. The number of carbonyl (C=O) groups is 2. The number of ether oxygens (including phenoxy) is 2. The molecule has 1 aliphatic rings. The summed E-state index contributed by atoms with van der Waals surface area (Å²) >= 11 is 0. The van der Waals surface area contributed by atoms with E-state index in [-0.39, 0.29) is 18.6 Å². The summed E-state index contributed by atoms with van der Waals surface area (Å²) in [6.45, 7) is 1.83. The van der Waals surface area contributed by atoms with Crippen molar-refractivity contribution in [2.45, 2.75) is 19.8 Å². The van der Waals surface area contributed by atoms with Gasteiger partial charge in [-0.15, -0.1) is 0 Å².